The van der Waals surface area contributed by atoms with E-state index in [-0.39, 0.29) is 0 Å². The first kappa shape index (κ1) is 17.7. The predicted octanol–water partition coefficient (Wildman–Crippen LogP) is 1.91. The van der Waals surface area contributed by atoms with Gasteiger partial charge in [-0.15, -0.1) is 0 Å². The molecule has 0 unspecified atom stereocenters. The topological polar surface area (TPSA) is 123 Å². The van der Waals surface area contributed by atoms with Crippen LogP contribution in [0, 0.1) is 0 Å². The van der Waals surface area contributed by atoms with Gasteiger partial charge in [-0.3, -0.25) is 4.98 Å². The number of rotatable bonds is 6. The van der Waals surface area contributed by atoms with Gasteiger partial charge in [0.25, 0.3) is 0 Å². The first-order valence-corrected chi connectivity index (χ1v) is 8.84. The Kier molecular flexibility index (Phi) is 4.73. The predicted molar refractivity (Wildman–Crippen MR) is 110 cm³/mol. The molecular formula is C19H21N9. The van der Waals surface area contributed by atoms with Crippen molar-refractivity contribution in [3.8, 4) is 11.4 Å². The molecule has 0 saturated heterocycles. The van der Waals surface area contributed by atoms with Crippen molar-refractivity contribution in [1.29, 1.82) is 0 Å². The van der Waals surface area contributed by atoms with E-state index in [1.807, 2.05) is 48.1 Å². The zero-order valence-electron chi connectivity index (χ0n) is 15.4. The van der Waals surface area contributed by atoms with E-state index in [9.17, 15) is 0 Å². The van der Waals surface area contributed by atoms with Gasteiger partial charge in [0, 0.05) is 50.1 Å². The van der Waals surface area contributed by atoms with Crippen molar-refractivity contribution < 1.29 is 0 Å². The van der Waals surface area contributed by atoms with Gasteiger partial charge in [0.1, 0.15) is 17.2 Å². The average Bonchev–Trinajstić information content (AvgIpc) is 3.18. The van der Waals surface area contributed by atoms with Gasteiger partial charge in [-0.25, -0.2) is 15.0 Å². The summed E-state index contributed by atoms with van der Waals surface area (Å²) >= 11 is 0. The maximum atomic E-state index is 5.76. The third kappa shape index (κ3) is 3.55. The molecule has 142 valence electrons. The molecule has 4 rings (SSSR count). The lowest BCUT2D eigenvalue weighted by atomic mass is 10.2. The molecule has 0 fully saturated rings. The highest BCUT2D eigenvalue weighted by molar-refractivity contribution is 5.73. The summed E-state index contributed by atoms with van der Waals surface area (Å²) in [6.07, 6.45) is 8.56. The van der Waals surface area contributed by atoms with Crippen LogP contribution in [0.25, 0.3) is 17.0 Å². The molecule has 0 spiro atoms. The number of anilines is 4. The molecule has 0 bridgehead atoms. The van der Waals surface area contributed by atoms with E-state index >= 15 is 0 Å². The Bertz CT molecular complexity index is 1090. The van der Waals surface area contributed by atoms with Crippen molar-refractivity contribution in [3.63, 3.8) is 0 Å². The smallest absolute Gasteiger partial charge is 0.180 e. The van der Waals surface area contributed by atoms with Gasteiger partial charge in [-0.1, -0.05) is 0 Å². The molecule has 0 atom stereocenters. The van der Waals surface area contributed by atoms with Crippen molar-refractivity contribution in [3.05, 3.63) is 55.2 Å². The molecule has 0 amide bonds. The van der Waals surface area contributed by atoms with Crippen LogP contribution in [-0.2, 0) is 0 Å². The van der Waals surface area contributed by atoms with E-state index in [2.05, 4.69) is 30.2 Å². The molecule has 0 radical (unpaired) electrons. The molecule has 28 heavy (non-hydrogen) atoms. The van der Waals surface area contributed by atoms with Crippen LogP contribution in [0.3, 0.4) is 0 Å². The van der Waals surface area contributed by atoms with Gasteiger partial charge in [0.05, 0.1) is 12.4 Å². The van der Waals surface area contributed by atoms with E-state index in [0.29, 0.717) is 35.2 Å². The quantitative estimate of drug-likeness (QED) is 0.467. The first-order valence-electron chi connectivity index (χ1n) is 8.84. The molecule has 1 aromatic carbocycles. The third-order valence-electron chi connectivity index (χ3n) is 4.33. The number of hydrogen-bond donors (Lipinski definition) is 3. The monoisotopic (exact) mass is 375 g/mol. The number of imidazole rings is 1. The van der Waals surface area contributed by atoms with E-state index < -0.39 is 0 Å². The summed E-state index contributed by atoms with van der Waals surface area (Å²) in [6.45, 7) is 1.41. The highest BCUT2D eigenvalue weighted by atomic mass is 15.1. The zero-order valence-corrected chi connectivity index (χ0v) is 15.4. The molecule has 0 aliphatic carbocycles. The van der Waals surface area contributed by atoms with Gasteiger partial charge in [-0.2, -0.15) is 0 Å². The Morgan fingerprint density at radius 2 is 1.93 bits per heavy atom. The molecule has 0 saturated carbocycles. The van der Waals surface area contributed by atoms with Crippen molar-refractivity contribution in [2.75, 3.05) is 36.1 Å². The number of nitrogens with zero attached hydrogens (tertiary/aromatic N) is 6. The Morgan fingerprint density at radius 1 is 1.11 bits per heavy atom. The molecule has 5 N–H and O–H groups in total. The average molecular weight is 375 g/mol. The molecule has 4 aromatic rings. The number of nitrogens with two attached hydrogens (primary N) is 2. The third-order valence-corrected chi connectivity index (χ3v) is 4.33. The van der Waals surface area contributed by atoms with Crippen LogP contribution in [0.5, 0.6) is 0 Å². The highest BCUT2D eigenvalue weighted by Crippen LogP contribution is 2.25. The Hall–Kier alpha value is -3.72. The van der Waals surface area contributed by atoms with Gasteiger partial charge >= 0.3 is 0 Å². The van der Waals surface area contributed by atoms with Crippen LogP contribution in [0.1, 0.15) is 0 Å². The Labute approximate surface area is 162 Å². The maximum Gasteiger partial charge on any atom is 0.180 e. The number of nitrogens with one attached hydrogen (secondary N) is 1. The number of benzene rings is 1. The second-order valence-electron chi connectivity index (χ2n) is 6.34. The SMILES string of the molecule is CN(CCN)c1ccc(Nc2nc(-c3cncc(N)n3)cn3ccnc23)cc1. The summed E-state index contributed by atoms with van der Waals surface area (Å²) in [6, 6.07) is 8.06. The Balaban J connectivity index is 1.67. The Morgan fingerprint density at radius 3 is 2.68 bits per heavy atom. The molecule has 3 aromatic heterocycles. The minimum atomic E-state index is 0.344. The summed E-state index contributed by atoms with van der Waals surface area (Å²) in [5, 5.41) is 3.34. The number of fused-ring (bicyclic) bond motifs is 1. The van der Waals surface area contributed by atoms with Crippen LogP contribution < -0.4 is 21.7 Å². The maximum absolute atomic E-state index is 5.76. The fourth-order valence-electron chi connectivity index (χ4n) is 2.90. The van der Waals surface area contributed by atoms with Crippen molar-refractivity contribution in [2.24, 2.45) is 5.73 Å². The standard InChI is InChI=1S/C19H21N9/c1-27(8-6-20)14-4-2-13(3-5-14)24-18-19-23-7-9-28(19)12-16(26-18)15-10-22-11-17(21)25-15/h2-5,7,9-12H,6,8,20H2,1H3,(H2,21,25)(H,24,26). The van der Waals surface area contributed by atoms with Crippen LogP contribution in [0.15, 0.2) is 55.2 Å². The number of hydrogen-bond acceptors (Lipinski definition) is 8. The second kappa shape index (κ2) is 7.49. The zero-order chi connectivity index (χ0) is 19.5. The minimum Gasteiger partial charge on any atom is -0.382 e. The van der Waals surface area contributed by atoms with Gasteiger partial charge < -0.3 is 26.1 Å². The lowest BCUT2D eigenvalue weighted by Crippen LogP contribution is -2.24. The molecule has 9 heteroatoms. The molecule has 0 aliphatic rings. The van der Waals surface area contributed by atoms with Crippen LogP contribution in [-0.4, -0.2) is 44.5 Å². The highest BCUT2D eigenvalue weighted by Gasteiger charge is 2.11. The van der Waals surface area contributed by atoms with Crippen molar-refractivity contribution in [1.82, 2.24) is 24.3 Å². The van der Waals surface area contributed by atoms with E-state index in [1.165, 1.54) is 6.20 Å². The molecule has 9 nitrogen and oxygen atoms in total. The summed E-state index contributed by atoms with van der Waals surface area (Å²) < 4.78 is 1.89. The lowest BCUT2D eigenvalue weighted by Gasteiger charge is -2.18. The minimum absolute atomic E-state index is 0.344. The molecular weight excluding hydrogens is 354 g/mol. The molecule has 0 aliphatic heterocycles. The number of likely N-dealkylation sites (N-methyl/N-ethyl adjacent to an activating group) is 1. The fourth-order valence-corrected chi connectivity index (χ4v) is 2.90. The van der Waals surface area contributed by atoms with Gasteiger partial charge in [0.15, 0.2) is 11.5 Å². The van der Waals surface area contributed by atoms with Crippen LogP contribution >= 0.6 is 0 Å². The summed E-state index contributed by atoms with van der Waals surface area (Å²) in [5.74, 6) is 0.964. The largest absolute Gasteiger partial charge is 0.382 e. The van der Waals surface area contributed by atoms with Crippen molar-refractivity contribution in [2.45, 2.75) is 0 Å². The van der Waals surface area contributed by atoms with Crippen LogP contribution in [0.4, 0.5) is 23.0 Å². The molecule has 3 heterocycles. The number of nitrogen functional groups attached to an aromatic ring is 1. The summed E-state index contributed by atoms with van der Waals surface area (Å²) in [7, 11) is 2.01. The normalized spacial score (nSPS) is 10.9. The summed E-state index contributed by atoms with van der Waals surface area (Å²) in [5.41, 5.74) is 15.3. The van der Waals surface area contributed by atoms with Gasteiger partial charge in [0.2, 0.25) is 0 Å². The lowest BCUT2D eigenvalue weighted by molar-refractivity contribution is 0.886. The second-order valence-corrected chi connectivity index (χ2v) is 6.34. The van der Waals surface area contributed by atoms with E-state index in [4.69, 9.17) is 11.5 Å². The van der Waals surface area contributed by atoms with E-state index in [0.717, 1.165) is 17.9 Å². The van der Waals surface area contributed by atoms with Crippen molar-refractivity contribution >= 4 is 28.7 Å². The van der Waals surface area contributed by atoms with Gasteiger partial charge in [-0.05, 0) is 24.3 Å². The summed E-state index contributed by atoms with van der Waals surface area (Å²) in [4.78, 5) is 19.6. The number of aromatic nitrogens is 5. The van der Waals surface area contributed by atoms with E-state index in [1.54, 1.807) is 12.4 Å². The fraction of sp³-hybridized carbons (Fsp3) is 0.158. The van der Waals surface area contributed by atoms with Crippen LogP contribution in [0.2, 0.25) is 0 Å². The first-order chi connectivity index (χ1) is 13.6.